The predicted molar refractivity (Wildman–Crippen MR) is 205 cm³/mol. The van der Waals surface area contributed by atoms with Crippen LogP contribution in [0.5, 0.6) is 11.5 Å². The number of benzene rings is 5. The highest BCUT2D eigenvalue weighted by Gasteiger charge is 2.36. The number of nitrogens with one attached hydrogen (secondary N) is 1. The van der Waals surface area contributed by atoms with Gasteiger partial charge >= 0.3 is 0 Å². The normalized spacial score (nSPS) is 13.7. The van der Waals surface area contributed by atoms with Crippen LogP contribution >= 0.6 is 23.2 Å². The van der Waals surface area contributed by atoms with Gasteiger partial charge in [-0.25, -0.2) is 8.42 Å². The van der Waals surface area contributed by atoms with Gasteiger partial charge < -0.3 is 15.0 Å². The average molecular weight is 757 g/mol. The summed E-state index contributed by atoms with van der Waals surface area (Å²) in [6.45, 7) is -0.656. The Kier molecular flexibility index (Phi) is 12.2. The molecule has 268 valence electrons. The number of hydrogen-bond donors (Lipinski definition) is 1. The second-order valence-electron chi connectivity index (χ2n) is 12.7. The molecule has 5 aromatic carbocycles. The molecule has 0 unspecified atom stereocenters. The molecule has 1 N–H and O–H groups in total. The Hall–Kier alpha value is -4.83. The van der Waals surface area contributed by atoms with Crippen LogP contribution in [0.15, 0.2) is 138 Å². The monoisotopic (exact) mass is 755 g/mol. The van der Waals surface area contributed by atoms with E-state index in [-0.39, 0.29) is 35.5 Å². The number of para-hydroxylation sites is 1. The van der Waals surface area contributed by atoms with Gasteiger partial charge in [0.25, 0.3) is 10.0 Å². The van der Waals surface area contributed by atoms with Crippen molar-refractivity contribution in [2.45, 2.75) is 55.6 Å². The van der Waals surface area contributed by atoms with E-state index in [1.54, 1.807) is 60.7 Å². The van der Waals surface area contributed by atoms with Gasteiger partial charge in [0.05, 0.1) is 10.6 Å². The van der Waals surface area contributed by atoms with E-state index in [4.69, 9.17) is 27.9 Å². The van der Waals surface area contributed by atoms with Crippen molar-refractivity contribution in [3.05, 3.63) is 155 Å². The SMILES string of the molecule is O=C(NC1CCCC1)[C@H](Cc1ccccc1)N(Cc1ccc(Cl)cc1Cl)C(=O)CN(c1ccc(Oc2ccccc2)cc1)S(=O)(=O)c1ccccc1. The molecule has 6 rings (SSSR count). The molecular formula is C41H39Cl2N3O5S. The van der Waals surface area contributed by atoms with Crippen LogP contribution in [-0.2, 0) is 32.6 Å². The first-order chi connectivity index (χ1) is 25.2. The van der Waals surface area contributed by atoms with Gasteiger partial charge in [0.2, 0.25) is 11.8 Å². The lowest BCUT2D eigenvalue weighted by molar-refractivity contribution is -0.140. The Morgan fingerprint density at radius 1 is 0.769 bits per heavy atom. The number of ether oxygens (including phenoxy) is 1. The molecule has 0 spiro atoms. The zero-order valence-corrected chi connectivity index (χ0v) is 30.7. The Morgan fingerprint density at radius 2 is 1.37 bits per heavy atom. The van der Waals surface area contributed by atoms with Crippen LogP contribution in [0.1, 0.15) is 36.8 Å². The largest absolute Gasteiger partial charge is 0.457 e. The molecule has 2 amide bonds. The fourth-order valence-electron chi connectivity index (χ4n) is 6.31. The summed E-state index contributed by atoms with van der Waals surface area (Å²) < 4.78 is 35.7. The predicted octanol–water partition coefficient (Wildman–Crippen LogP) is 8.68. The maximum Gasteiger partial charge on any atom is 0.264 e. The zero-order chi connectivity index (χ0) is 36.5. The molecule has 1 aliphatic carbocycles. The number of halogens is 2. The first kappa shape index (κ1) is 36.9. The second-order valence-corrected chi connectivity index (χ2v) is 15.4. The highest BCUT2D eigenvalue weighted by atomic mass is 35.5. The van der Waals surface area contributed by atoms with Crippen LogP contribution in [0.25, 0.3) is 0 Å². The van der Waals surface area contributed by atoms with E-state index in [0.29, 0.717) is 27.1 Å². The third-order valence-electron chi connectivity index (χ3n) is 9.04. The van der Waals surface area contributed by atoms with Crippen LogP contribution in [0, 0.1) is 0 Å². The van der Waals surface area contributed by atoms with Gasteiger partial charge in [-0.1, -0.05) is 109 Å². The van der Waals surface area contributed by atoms with Crippen molar-refractivity contribution in [3.8, 4) is 11.5 Å². The maximum atomic E-state index is 14.8. The topological polar surface area (TPSA) is 96.0 Å². The van der Waals surface area contributed by atoms with Gasteiger partial charge in [-0.05, 0) is 84.6 Å². The van der Waals surface area contributed by atoms with Crippen LogP contribution in [0.2, 0.25) is 10.0 Å². The molecule has 0 aliphatic heterocycles. The van der Waals surface area contributed by atoms with E-state index in [1.807, 2.05) is 60.7 Å². The fourth-order valence-corrected chi connectivity index (χ4v) is 8.21. The lowest BCUT2D eigenvalue weighted by Gasteiger charge is -2.34. The van der Waals surface area contributed by atoms with Crippen LogP contribution in [0.3, 0.4) is 0 Å². The molecule has 11 heteroatoms. The molecule has 0 saturated heterocycles. The Bertz CT molecular complexity index is 2060. The fraction of sp³-hybridized carbons (Fsp3) is 0.220. The van der Waals surface area contributed by atoms with E-state index < -0.39 is 28.5 Å². The molecule has 0 heterocycles. The van der Waals surface area contributed by atoms with Crippen LogP contribution in [0.4, 0.5) is 5.69 Å². The van der Waals surface area contributed by atoms with Crippen molar-refractivity contribution in [3.63, 3.8) is 0 Å². The lowest BCUT2D eigenvalue weighted by Crippen LogP contribution is -2.54. The number of amides is 2. The van der Waals surface area contributed by atoms with Crippen LogP contribution < -0.4 is 14.4 Å². The van der Waals surface area contributed by atoms with Crippen molar-refractivity contribution < 1.29 is 22.7 Å². The smallest absolute Gasteiger partial charge is 0.264 e. The molecule has 52 heavy (non-hydrogen) atoms. The summed E-state index contributed by atoms with van der Waals surface area (Å²) in [7, 11) is -4.26. The molecule has 0 bridgehead atoms. The number of anilines is 1. The quantitative estimate of drug-likeness (QED) is 0.122. The van der Waals surface area contributed by atoms with Gasteiger partial charge in [0.15, 0.2) is 0 Å². The van der Waals surface area contributed by atoms with Gasteiger partial charge in [0.1, 0.15) is 24.1 Å². The Morgan fingerprint density at radius 3 is 2.00 bits per heavy atom. The van der Waals surface area contributed by atoms with Crippen molar-refractivity contribution in [1.29, 1.82) is 0 Å². The number of nitrogens with zero attached hydrogens (tertiary/aromatic N) is 2. The maximum absolute atomic E-state index is 14.8. The van der Waals surface area contributed by atoms with Crippen molar-refractivity contribution in [2.24, 2.45) is 0 Å². The summed E-state index contributed by atoms with van der Waals surface area (Å²) in [5.74, 6) is 0.214. The minimum Gasteiger partial charge on any atom is -0.457 e. The number of hydrogen-bond acceptors (Lipinski definition) is 5. The molecule has 8 nitrogen and oxygen atoms in total. The number of rotatable bonds is 14. The molecule has 0 aromatic heterocycles. The number of sulfonamides is 1. The summed E-state index contributed by atoms with van der Waals surface area (Å²) >= 11 is 12.9. The summed E-state index contributed by atoms with van der Waals surface area (Å²) in [6.07, 6.45) is 3.94. The first-order valence-electron chi connectivity index (χ1n) is 17.2. The molecule has 0 radical (unpaired) electrons. The summed E-state index contributed by atoms with van der Waals surface area (Å²) in [5, 5.41) is 3.92. The molecule has 5 aromatic rings. The van der Waals surface area contributed by atoms with E-state index in [1.165, 1.54) is 17.0 Å². The van der Waals surface area contributed by atoms with E-state index >= 15 is 0 Å². The van der Waals surface area contributed by atoms with Crippen molar-refractivity contribution in [2.75, 3.05) is 10.8 Å². The van der Waals surface area contributed by atoms with Crippen molar-refractivity contribution >= 4 is 50.7 Å². The Labute approximate surface area is 315 Å². The summed E-state index contributed by atoms with van der Waals surface area (Å²) in [4.78, 5) is 30.5. The Balaban J connectivity index is 1.39. The molecule has 1 atom stereocenters. The molecule has 1 aliphatic rings. The number of carbonyl (C=O) groups excluding carboxylic acids is 2. The van der Waals surface area contributed by atoms with Gasteiger partial charge in [-0.3, -0.25) is 13.9 Å². The zero-order valence-electron chi connectivity index (χ0n) is 28.4. The van der Waals surface area contributed by atoms with E-state index in [2.05, 4.69) is 5.32 Å². The van der Waals surface area contributed by atoms with Crippen LogP contribution in [-0.4, -0.2) is 43.8 Å². The standard InChI is InChI=1S/C41H39Cl2N3O5S/c42-32-21-20-31(38(43)27-32)28-45(39(26-30-12-4-1-5-13-30)41(48)44-33-14-10-11-15-33)40(47)29-46(52(49,50)37-18-8-3-9-19-37)34-22-24-36(25-23-34)51-35-16-6-2-7-17-35/h1-9,12-13,16-25,27,33,39H,10-11,14-15,26,28-29H2,(H,44,48)/t39-/m0/s1. The van der Waals surface area contributed by atoms with E-state index in [0.717, 1.165) is 35.6 Å². The lowest BCUT2D eigenvalue weighted by atomic mass is 10.0. The minimum atomic E-state index is -4.26. The third-order valence-corrected chi connectivity index (χ3v) is 11.4. The number of carbonyl (C=O) groups is 2. The molecular weight excluding hydrogens is 717 g/mol. The second kappa shape index (κ2) is 17.1. The average Bonchev–Trinajstić information content (AvgIpc) is 3.67. The highest BCUT2D eigenvalue weighted by Crippen LogP contribution is 2.30. The van der Waals surface area contributed by atoms with Gasteiger partial charge in [-0.2, -0.15) is 0 Å². The first-order valence-corrected chi connectivity index (χ1v) is 19.4. The van der Waals surface area contributed by atoms with Gasteiger partial charge in [0, 0.05) is 29.1 Å². The van der Waals surface area contributed by atoms with E-state index in [9.17, 15) is 18.0 Å². The third kappa shape index (κ3) is 9.33. The molecule has 1 saturated carbocycles. The minimum absolute atomic E-state index is 0.00609. The molecule has 1 fully saturated rings. The summed E-state index contributed by atoms with van der Waals surface area (Å²) in [6, 6.07) is 37.1. The van der Waals surface area contributed by atoms with Crippen molar-refractivity contribution in [1.82, 2.24) is 10.2 Å². The highest BCUT2D eigenvalue weighted by molar-refractivity contribution is 7.92. The van der Waals surface area contributed by atoms with Gasteiger partial charge in [-0.15, -0.1) is 0 Å². The summed E-state index contributed by atoms with van der Waals surface area (Å²) in [5.41, 5.74) is 1.65.